The molecular weight excluding hydrogens is 417 g/mol. The minimum Gasteiger partial charge on any atom is -0.506 e. The largest absolute Gasteiger partial charge is 0.506 e. The van der Waals surface area contributed by atoms with E-state index in [1.807, 2.05) is 30.3 Å². The summed E-state index contributed by atoms with van der Waals surface area (Å²) in [6.45, 7) is 2.88. The van der Waals surface area contributed by atoms with Crippen molar-refractivity contribution in [2.45, 2.75) is 25.9 Å². The van der Waals surface area contributed by atoms with Gasteiger partial charge in [-0.2, -0.15) is 0 Å². The van der Waals surface area contributed by atoms with Gasteiger partial charge in [-0.1, -0.05) is 23.7 Å². The van der Waals surface area contributed by atoms with Gasteiger partial charge in [-0.25, -0.2) is 0 Å². The number of phenolic OH excluding ortho intramolecular Hbond substituents is 1. The predicted molar refractivity (Wildman–Crippen MR) is 95.0 cm³/mol. The molecule has 0 aliphatic heterocycles. The Morgan fingerprint density at radius 3 is 2.43 bits per heavy atom. The first-order valence-electron chi connectivity index (χ1n) is 6.60. The lowest BCUT2D eigenvalue weighted by Gasteiger charge is -2.15. The Bertz CT molecular complexity index is 610. The van der Waals surface area contributed by atoms with E-state index in [0.717, 1.165) is 23.6 Å². The first-order chi connectivity index (χ1) is 9.95. The van der Waals surface area contributed by atoms with E-state index in [9.17, 15) is 5.11 Å². The maximum absolute atomic E-state index is 9.70. The minimum atomic E-state index is 0.228. The monoisotopic (exact) mass is 431 g/mol. The van der Waals surface area contributed by atoms with Crippen molar-refractivity contribution >= 4 is 43.5 Å². The van der Waals surface area contributed by atoms with Crippen molar-refractivity contribution < 1.29 is 5.11 Å². The number of phenols is 1. The lowest BCUT2D eigenvalue weighted by Crippen LogP contribution is -2.27. The fraction of sp³-hybridized carbons (Fsp3) is 0.250. The molecule has 0 spiro atoms. The van der Waals surface area contributed by atoms with Gasteiger partial charge in [0, 0.05) is 17.6 Å². The Morgan fingerprint density at radius 2 is 1.81 bits per heavy atom. The van der Waals surface area contributed by atoms with Gasteiger partial charge in [0.2, 0.25) is 0 Å². The molecule has 0 bridgehead atoms. The van der Waals surface area contributed by atoms with Crippen LogP contribution in [0.4, 0.5) is 0 Å². The highest BCUT2D eigenvalue weighted by Crippen LogP contribution is 2.33. The summed E-state index contributed by atoms with van der Waals surface area (Å²) in [7, 11) is 0. The summed E-state index contributed by atoms with van der Waals surface area (Å²) in [5, 5.41) is 13.9. The second kappa shape index (κ2) is 7.63. The molecule has 21 heavy (non-hydrogen) atoms. The molecule has 2 aromatic carbocycles. The average molecular weight is 434 g/mol. The maximum Gasteiger partial charge on any atom is 0.143 e. The van der Waals surface area contributed by atoms with Gasteiger partial charge in [0.05, 0.1) is 8.95 Å². The highest BCUT2D eigenvalue weighted by Gasteiger charge is 2.08. The summed E-state index contributed by atoms with van der Waals surface area (Å²) < 4.78 is 1.38. The molecule has 0 aromatic heterocycles. The van der Waals surface area contributed by atoms with Crippen LogP contribution in [-0.2, 0) is 13.0 Å². The van der Waals surface area contributed by atoms with Crippen LogP contribution in [0.25, 0.3) is 0 Å². The number of nitrogens with one attached hydrogen (secondary N) is 1. The summed E-state index contributed by atoms with van der Waals surface area (Å²) in [5.41, 5.74) is 2.32. The van der Waals surface area contributed by atoms with Crippen molar-refractivity contribution in [3.63, 3.8) is 0 Å². The maximum atomic E-state index is 9.70. The Labute approximate surface area is 146 Å². The highest BCUT2D eigenvalue weighted by molar-refractivity contribution is 9.11. The Kier molecular flexibility index (Phi) is 6.11. The Balaban J connectivity index is 1.93. The van der Waals surface area contributed by atoms with Crippen LogP contribution in [0.5, 0.6) is 5.75 Å². The van der Waals surface area contributed by atoms with Gasteiger partial charge in [0.15, 0.2) is 0 Å². The average Bonchev–Trinajstić information content (AvgIpc) is 2.42. The zero-order chi connectivity index (χ0) is 15.4. The fourth-order valence-electron chi connectivity index (χ4n) is 2.10. The van der Waals surface area contributed by atoms with Crippen LogP contribution in [0.2, 0.25) is 5.02 Å². The SMILES string of the molecule is CC(Cc1cccc(Cl)c1)NCc1cc(Br)c(O)c(Br)c1. The molecule has 0 saturated carbocycles. The molecular formula is C16H16Br2ClNO. The molecule has 112 valence electrons. The number of halogens is 3. The molecule has 2 nitrogen and oxygen atoms in total. The summed E-state index contributed by atoms with van der Waals surface area (Å²) >= 11 is 12.7. The fourth-order valence-corrected chi connectivity index (χ4v) is 3.60. The summed E-state index contributed by atoms with van der Waals surface area (Å²) in [6.07, 6.45) is 0.918. The van der Waals surface area contributed by atoms with E-state index < -0.39 is 0 Å². The number of aromatic hydroxyl groups is 1. The van der Waals surface area contributed by atoms with E-state index in [0.29, 0.717) is 15.0 Å². The van der Waals surface area contributed by atoms with Crippen LogP contribution in [0.15, 0.2) is 45.3 Å². The molecule has 0 aliphatic carbocycles. The molecule has 0 fully saturated rings. The topological polar surface area (TPSA) is 32.3 Å². The van der Waals surface area contributed by atoms with E-state index in [2.05, 4.69) is 50.2 Å². The highest BCUT2D eigenvalue weighted by atomic mass is 79.9. The third-order valence-electron chi connectivity index (χ3n) is 3.16. The number of hydrogen-bond acceptors (Lipinski definition) is 2. The van der Waals surface area contributed by atoms with Crippen molar-refractivity contribution in [3.8, 4) is 5.75 Å². The standard InChI is InChI=1S/C16H16Br2ClNO/c1-10(5-11-3-2-4-13(19)6-11)20-9-12-7-14(17)16(21)15(18)8-12/h2-4,6-8,10,20-21H,5,9H2,1H3. The molecule has 2 N–H and O–H groups in total. The Morgan fingerprint density at radius 1 is 1.14 bits per heavy atom. The van der Waals surface area contributed by atoms with Gasteiger partial charge in [-0.3, -0.25) is 0 Å². The molecule has 0 aliphatic rings. The van der Waals surface area contributed by atoms with Crippen molar-refractivity contribution in [3.05, 3.63) is 61.5 Å². The van der Waals surface area contributed by atoms with E-state index in [4.69, 9.17) is 11.6 Å². The van der Waals surface area contributed by atoms with E-state index in [-0.39, 0.29) is 5.75 Å². The van der Waals surface area contributed by atoms with Crippen LogP contribution >= 0.6 is 43.5 Å². The van der Waals surface area contributed by atoms with Crippen LogP contribution in [0.1, 0.15) is 18.1 Å². The van der Waals surface area contributed by atoms with Crippen LogP contribution in [-0.4, -0.2) is 11.1 Å². The molecule has 5 heteroatoms. The molecule has 0 amide bonds. The third kappa shape index (κ3) is 4.99. The van der Waals surface area contributed by atoms with Crippen molar-refractivity contribution in [1.29, 1.82) is 0 Å². The molecule has 2 aromatic rings. The lowest BCUT2D eigenvalue weighted by molar-refractivity contribution is 0.467. The number of hydrogen-bond donors (Lipinski definition) is 2. The molecule has 1 unspecified atom stereocenters. The van der Waals surface area contributed by atoms with Gasteiger partial charge < -0.3 is 10.4 Å². The quantitative estimate of drug-likeness (QED) is 0.671. The zero-order valence-electron chi connectivity index (χ0n) is 11.5. The zero-order valence-corrected chi connectivity index (χ0v) is 15.5. The Hall–Kier alpha value is -0.550. The van der Waals surface area contributed by atoms with Crippen LogP contribution in [0, 0.1) is 0 Å². The minimum absolute atomic E-state index is 0.228. The van der Waals surface area contributed by atoms with Crippen molar-refractivity contribution in [1.82, 2.24) is 5.32 Å². The van der Waals surface area contributed by atoms with Gasteiger partial charge >= 0.3 is 0 Å². The van der Waals surface area contributed by atoms with E-state index in [1.165, 1.54) is 5.56 Å². The molecule has 0 heterocycles. The second-order valence-electron chi connectivity index (χ2n) is 5.02. The van der Waals surface area contributed by atoms with Gasteiger partial charge in [-0.05, 0) is 80.6 Å². The number of rotatable bonds is 5. The van der Waals surface area contributed by atoms with Gasteiger partial charge in [-0.15, -0.1) is 0 Å². The normalized spacial score (nSPS) is 12.4. The summed E-state index contributed by atoms with van der Waals surface area (Å²) in [4.78, 5) is 0. The second-order valence-corrected chi connectivity index (χ2v) is 7.17. The van der Waals surface area contributed by atoms with E-state index in [1.54, 1.807) is 0 Å². The van der Waals surface area contributed by atoms with Gasteiger partial charge in [0.25, 0.3) is 0 Å². The first-order valence-corrected chi connectivity index (χ1v) is 8.57. The third-order valence-corrected chi connectivity index (χ3v) is 4.61. The summed E-state index contributed by atoms with van der Waals surface area (Å²) in [6, 6.07) is 12.1. The van der Waals surface area contributed by atoms with Gasteiger partial charge in [0.1, 0.15) is 5.75 Å². The predicted octanol–water partition coefficient (Wildman–Crippen LogP) is 5.29. The number of benzene rings is 2. The van der Waals surface area contributed by atoms with Crippen molar-refractivity contribution in [2.75, 3.05) is 0 Å². The van der Waals surface area contributed by atoms with Crippen LogP contribution in [0.3, 0.4) is 0 Å². The molecule has 0 saturated heterocycles. The molecule has 2 rings (SSSR count). The summed E-state index contributed by atoms with van der Waals surface area (Å²) in [5.74, 6) is 0.228. The van der Waals surface area contributed by atoms with E-state index >= 15 is 0 Å². The molecule has 1 atom stereocenters. The smallest absolute Gasteiger partial charge is 0.143 e. The van der Waals surface area contributed by atoms with Crippen molar-refractivity contribution in [2.24, 2.45) is 0 Å². The lowest BCUT2D eigenvalue weighted by atomic mass is 10.1. The molecule has 0 radical (unpaired) electrons. The first kappa shape index (κ1) is 16.8. The van der Waals surface area contributed by atoms with Crippen LogP contribution < -0.4 is 5.32 Å².